The molecular weight excluding hydrogens is 376 g/mol. The Hall–Kier alpha value is -2.58. The van der Waals surface area contributed by atoms with E-state index in [2.05, 4.69) is 30.1 Å². The molecule has 0 radical (unpaired) electrons. The molecule has 0 bridgehead atoms. The fourth-order valence-electron chi connectivity index (χ4n) is 3.67. The highest BCUT2D eigenvalue weighted by Gasteiger charge is 2.28. The van der Waals surface area contributed by atoms with Crippen LogP contribution in [0.5, 0.6) is 5.75 Å². The maximum atomic E-state index is 9.55. The Bertz CT molecular complexity index is 746. The summed E-state index contributed by atoms with van der Waals surface area (Å²) in [6.07, 6.45) is 3.33. The molecule has 2 heterocycles. The molecule has 0 saturated heterocycles. The standard InChI is InChI=1S/C17H26N2O2.C4H4O4/c1-12-11-21-16-10-14-4-6-18-7-5-15(14)13(2)17(16)19(12)8-9-20-3;5-3(6)1-2-4(7)8/h10,12,18H,4-9,11H2,1-3H3;1-2H,(H,5,6)(H,7,8)/b;2-1+/t12-;/m0./s1. The predicted molar refractivity (Wildman–Crippen MR) is 110 cm³/mol. The zero-order valence-electron chi connectivity index (χ0n) is 17.2. The van der Waals surface area contributed by atoms with Crippen molar-refractivity contribution < 1.29 is 29.3 Å². The molecule has 1 aromatic carbocycles. The molecular formula is C21H30N2O6. The van der Waals surface area contributed by atoms with E-state index in [4.69, 9.17) is 19.7 Å². The van der Waals surface area contributed by atoms with Crippen LogP contribution in [0.4, 0.5) is 5.69 Å². The number of nitrogens with zero attached hydrogens (tertiary/aromatic N) is 1. The number of rotatable bonds is 5. The number of fused-ring (bicyclic) bond motifs is 2. The summed E-state index contributed by atoms with van der Waals surface area (Å²) >= 11 is 0. The molecule has 1 atom stereocenters. The summed E-state index contributed by atoms with van der Waals surface area (Å²) in [4.78, 5) is 21.6. The average Bonchev–Trinajstić information content (AvgIpc) is 2.92. The number of carbonyl (C=O) groups is 2. The van der Waals surface area contributed by atoms with Gasteiger partial charge in [0, 0.05) is 25.8 Å². The Morgan fingerprint density at radius 1 is 1.28 bits per heavy atom. The van der Waals surface area contributed by atoms with Gasteiger partial charge >= 0.3 is 11.9 Å². The van der Waals surface area contributed by atoms with Crippen molar-refractivity contribution in [3.8, 4) is 5.75 Å². The number of nitrogens with one attached hydrogen (secondary N) is 1. The zero-order valence-corrected chi connectivity index (χ0v) is 17.2. The van der Waals surface area contributed by atoms with E-state index in [1.807, 2.05) is 0 Å². The second-order valence-corrected chi connectivity index (χ2v) is 7.09. The fourth-order valence-corrected chi connectivity index (χ4v) is 3.67. The molecule has 2 aliphatic heterocycles. The van der Waals surface area contributed by atoms with E-state index in [9.17, 15) is 9.59 Å². The molecule has 8 heteroatoms. The van der Waals surface area contributed by atoms with Gasteiger partial charge in [-0.1, -0.05) is 0 Å². The van der Waals surface area contributed by atoms with Crippen molar-refractivity contribution >= 4 is 17.6 Å². The Labute approximate surface area is 171 Å². The van der Waals surface area contributed by atoms with Crippen molar-refractivity contribution in [1.82, 2.24) is 5.32 Å². The summed E-state index contributed by atoms with van der Waals surface area (Å²) in [5, 5.41) is 19.1. The molecule has 2 aliphatic rings. The first-order valence-corrected chi connectivity index (χ1v) is 9.73. The lowest BCUT2D eigenvalue weighted by atomic mass is 9.94. The first-order valence-electron chi connectivity index (χ1n) is 9.73. The minimum atomic E-state index is -1.26. The molecule has 0 spiro atoms. The van der Waals surface area contributed by atoms with Crippen molar-refractivity contribution in [1.29, 1.82) is 0 Å². The summed E-state index contributed by atoms with van der Waals surface area (Å²) in [7, 11) is 1.77. The van der Waals surface area contributed by atoms with Gasteiger partial charge in [0.1, 0.15) is 12.4 Å². The summed E-state index contributed by atoms with van der Waals surface area (Å²) in [5.74, 6) is -1.46. The van der Waals surface area contributed by atoms with Crippen LogP contribution in [0.25, 0.3) is 0 Å². The van der Waals surface area contributed by atoms with E-state index < -0.39 is 11.9 Å². The monoisotopic (exact) mass is 406 g/mol. The molecule has 0 aromatic heterocycles. The molecule has 8 nitrogen and oxygen atoms in total. The lowest BCUT2D eigenvalue weighted by Crippen LogP contribution is -2.43. The van der Waals surface area contributed by atoms with Crippen LogP contribution in [0.15, 0.2) is 18.2 Å². The number of carboxylic acids is 2. The molecule has 0 aliphatic carbocycles. The Morgan fingerprint density at radius 3 is 2.55 bits per heavy atom. The van der Waals surface area contributed by atoms with Gasteiger partial charge in [0.25, 0.3) is 0 Å². The maximum absolute atomic E-state index is 9.55. The van der Waals surface area contributed by atoms with Crippen LogP contribution in [0, 0.1) is 6.92 Å². The Balaban J connectivity index is 0.000000321. The molecule has 0 amide bonds. The van der Waals surface area contributed by atoms with Crippen molar-refractivity contribution in [3.63, 3.8) is 0 Å². The van der Waals surface area contributed by atoms with E-state index in [0.29, 0.717) is 18.2 Å². The maximum Gasteiger partial charge on any atom is 0.328 e. The summed E-state index contributed by atoms with van der Waals surface area (Å²) < 4.78 is 11.3. The van der Waals surface area contributed by atoms with E-state index in [-0.39, 0.29) is 0 Å². The predicted octanol–water partition coefficient (Wildman–Crippen LogP) is 1.63. The highest BCUT2D eigenvalue weighted by molar-refractivity contribution is 5.89. The van der Waals surface area contributed by atoms with Crippen LogP contribution in [0.1, 0.15) is 23.6 Å². The van der Waals surface area contributed by atoms with Crippen molar-refractivity contribution in [2.75, 3.05) is 44.9 Å². The number of methoxy groups -OCH3 is 1. The summed E-state index contributed by atoms with van der Waals surface area (Å²) in [5.41, 5.74) is 5.65. The van der Waals surface area contributed by atoms with Crippen LogP contribution >= 0.6 is 0 Å². The molecule has 29 heavy (non-hydrogen) atoms. The van der Waals surface area contributed by atoms with Gasteiger partial charge in [0.15, 0.2) is 0 Å². The third-order valence-corrected chi connectivity index (χ3v) is 5.06. The molecule has 160 valence electrons. The number of aliphatic carboxylic acids is 2. The summed E-state index contributed by atoms with van der Waals surface area (Å²) in [6.45, 7) is 9.05. The van der Waals surface area contributed by atoms with Crippen molar-refractivity contribution in [3.05, 3.63) is 34.9 Å². The first-order chi connectivity index (χ1) is 13.8. The molecule has 0 fully saturated rings. The Kier molecular flexibility index (Phi) is 8.48. The van der Waals surface area contributed by atoms with E-state index in [0.717, 1.165) is 51.4 Å². The second kappa shape index (κ2) is 10.8. The van der Waals surface area contributed by atoms with Crippen LogP contribution in [0.3, 0.4) is 0 Å². The largest absolute Gasteiger partial charge is 0.489 e. The van der Waals surface area contributed by atoms with E-state index in [1.165, 1.54) is 22.4 Å². The van der Waals surface area contributed by atoms with Gasteiger partial charge in [-0.2, -0.15) is 0 Å². The fraction of sp³-hybridized carbons (Fsp3) is 0.524. The van der Waals surface area contributed by atoms with Gasteiger partial charge in [0.2, 0.25) is 0 Å². The van der Waals surface area contributed by atoms with Crippen LogP contribution < -0.4 is 15.0 Å². The smallest absolute Gasteiger partial charge is 0.328 e. The van der Waals surface area contributed by atoms with Gasteiger partial charge in [-0.3, -0.25) is 0 Å². The van der Waals surface area contributed by atoms with E-state index >= 15 is 0 Å². The third kappa shape index (κ3) is 6.20. The van der Waals surface area contributed by atoms with E-state index in [1.54, 1.807) is 7.11 Å². The Morgan fingerprint density at radius 2 is 1.93 bits per heavy atom. The lowest BCUT2D eigenvalue weighted by Gasteiger charge is -2.39. The molecule has 1 aromatic rings. The quantitative estimate of drug-likeness (QED) is 0.633. The van der Waals surface area contributed by atoms with Gasteiger partial charge < -0.3 is 29.9 Å². The minimum absolute atomic E-state index is 0.397. The molecule has 3 N–H and O–H groups in total. The number of hydrogen-bond donors (Lipinski definition) is 3. The normalized spacial score (nSPS) is 18.0. The number of anilines is 1. The topological polar surface area (TPSA) is 108 Å². The first kappa shape index (κ1) is 22.7. The highest BCUT2D eigenvalue weighted by Crippen LogP contribution is 2.40. The lowest BCUT2D eigenvalue weighted by molar-refractivity contribution is -0.134. The molecule has 3 rings (SSSR count). The SMILES string of the molecule is COCCN1c2c(cc3c(c2C)CCNCC3)OC[C@@H]1C.O=C(O)/C=C/C(=O)O. The highest BCUT2D eigenvalue weighted by atomic mass is 16.5. The van der Waals surface area contributed by atoms with Gasteiger partial charge in [-0.25, -0.2) is 9.59 Å². The average molecular weight is 406 g/mol. The van der Waals surface area contributed by atoms with Crippen molar-refractivity contribution in [2.45, 2.75) is 32.7 Å². The second-order valence-electron chi connectivity index (χ2n) is 7.09. The van der Waals surface area contributed by atoms with Crippen LogP contribution in [-0.2, 0) is 27.2 Å². The number of ether oxygens (including phenoxy) is 2. The van der Waals surface area contributed by atoms with Crippen molar-refractivity contribution in [2.24, 2.45) is 0 Å². The van der Waals surface area contributed by atoms with Gasteiger partial charge in [-0.15, -0.1) is 0 Å². The summed E-state index contributed by atoms with van der Waals surface area (Å²) in [6, 6.07) is 2.67. The van der Waals surface area contributed by atoms with Gasteiger partial charge in [-0.05, 0) is 62.5 Å². The minimum Gasteiger partial charge on any atom is -0.489 e. The number of carboxylic acid groups (broad SMARTS) is 2. The number of hydrogen-bond acceptors (Lipinski definition) is 6. The molecule has 0 saturated carbocycles. The zero-order chi connectivity index (χ0) is 21.4. The third-order valence-electron chi connectivity index (χ3n) is 5.06. The molecule has 0 unspecified atom stereocenters. The van der Waals surface area contributed by atoms with Crippen LogP contribution in [0.2, 0.25) is 0 Å². The van der Waals surface area contributed by atoms with Gasteiger partial charge in [0.05, 0.1) is 18.3 Å². The van der Waals surface area contributed by atoms with Crippen LogP contribution in [-0.4, -0.2) is 68.2 Å². The number of benzene rings is 1.